The Morgan fingerprint density at radius 1 is 1.05 bits per heavy atom. The van der Waals surface area contributed by atoms with Crippen molar-refractivity contribution < 1.29 is 28.3 Å². The van der Waals surface area contributed by atoms with Crippen LogP contribution in [0.4, 0.5) is 0 Å². The highest BCUT2D eigenvalue weighted by atomic mass is 32.2. The van der Waals surface area contributed by atoms with Crippen LogP contribution in [-0.2, 0) is 18.8 Å². The van der Waals surface area contributed by atoms with E-state index in [0.29, 0.717) is 22.6 Å². The number of thioether (sulfide) groups is 1. The molecule has 3 heterocycles. The second kappa shape index (κ2) is 8.87. The zero-order valence-corrected chi connectivity index (χ0v) is 24.1. The number of ether oxygens (including phenoxy) is 3. The molecule has 0 radical (unpaired) electrons. The molecular formula is C29H40BNO6S. The molecule has 7 nitrogen and oxygen atoms in total. The summed E-state index contributed by atoms with van der Waals surface area (Å²) < 4.78 is 30.9. The Morgan fingerprint density at radius 2 is 1.84 bits per heavy atom. The molecule has 38 heavy (non-hydrogen) atoms. The fourth-order valence-corrected chi connectivity index (χ4v) is 8.96. The van der Waals surface area contributed by atoms with Gasteiger partial charge in [-0.2, -0.15) is 0 Å². The lowest BCUT2D eigenvalue weighted by atomic mass is 9.43. The molecule has 0 spiro atoms. The summed E-state index contributed by atoms with van der Waals surface area (Å²) in [5.41, 5.74) is 1.80. The van der Waals surface area contributed by atoms with Crippen molar-refractivity contribution in [2.75, 3.05) is 38.6 Å². The number of rotatable bonds is 6. The SMILES string of the molecule is CC1(C)OC(=O)c2c(SCCN3CCOCC3)ccc([C@H]3C[C@H]3B3O[C@H]4C[C@H]5C[C@H](C5(C)C)C4(C)O3)c2O1. The first kappa shape index (κ1) is 25.7. The summed E-state index contributed by atoms with van der Waals surface area (Å²) in [6.45, 7) is 15.2. The maximum atomic E-state index is 13.2. The van der Waals surface area contributed by atoms with Crippen molar-refractivity contribution in [2.24, 2.45) is 17.3 Å². The Labute approximate surface area is 230 Å². The van der Waals surface area contributed by atoms with Crippen LogP contribution in [0.25, 0.3) is 0 Å². The van der Waals surface area contributed by atoms with Crippen LogP contribution in [0.3, 0.4) is 0 Å². The highest BCUT2D eigenvalue weighted by Gasteiger charge is 2.70. The summed E-state index contributed by atoms with van der Waals surface area (Å²) in [5.74, 6) is 2.15. The minimum Gasteiger partial charge on any atom is -0.452 e. The van der Waals surface area contributed by atoms with Crippen LogP contribution in [-0.4, -0.2) is 74.1 Å². The molecule has 1 unspecified atom stereocenters. The first-order chi connectivity index (χ1) is 18.1. The monoisotopic (exact) mass is 541 g/mol. The van der Waals surface area contributed by atoms with Crippen molar-refractivity contribution in [1.29, 1.82) is 0 Å². The van der Waals surface area contributed by atoms with Gasteiger partial charge in [-0.15, -0.1) is 11.8 Å². The Hall–Kier alpha value is -1.26. The van der Waals surface area contributed by atoms with E-state index in [2.05, 4.69) is 37.8 Å². The molecule has 0 amide bonds. The molecule has 2 bridgehead atoms. The van der Waals surface area contributed by atoms with Gasteiger partial charge in [0.05, 0.1) is 24.9 Å². The van der Waals surface area contributed by atoms with Gasteiger partial charge in [0.2, 0.25) is 5.79 Å². The van der Waals surface area contributed by atoms with Gasteiger partial charge in [0.25, 0.3) is 0 Å². The fraction of sp³-hybridized carbons (Fsp3) is 0.759. The maximum absolute atomic E-state index is 13.2. The van der Waals surface area contributed by atoms with Crippen molar-refractivity contribution in [2.45, 2.75) is 88.0 Å². The average Bonchev–Trinajstić information content (AvgIpc) is 3.56. The number of carbonyl (C=O) groups excluding carboxylic acids is 1. The third kappa shape index (κ3) is 4.06. The Bertz CT molecular complexity index is 1140. The van der Waals surface area contributed by atoms with Crippen LogP contribution in [0.15, 0.2) is 17.0 Å². The van der Waals surface area contributed by atoms with E-state index in [4.69, 9.17) is 23.5 Å². The molecule has 8 rings (SSSR count). The van der Waals surface area contributed by atoms with E-state index in [0.717, 1.165) is 67.8 Å². The molecule has 206 valence electrons. The minimum absolute atomic E-state index is 0.188. The maximum Gasteiger partial charge on any atom is 0.461 e. The highest BCUT2D eigenvalue weighted by Crippen LogP contribution is 2.68. The lowest BCUT2D eigenvalue weighted by Gasteiger charge is -2.64. The van der Waals surface area contributed by atoms with Crippen LogP contribution in [0.2, 0.25) is 5.82 Å². The van der Waals surface area contributed by atoms with E-state index < -0.39 is 5.79 Å². The minimum atomic E-state index is -0.990. The summed E-state index contributed by atoms with van der Waals surface area (Å²) in [7, 11) is -0.188. The number of morpholine rings is 1. The standard InChI is InChI=1S/C29H40BNO6S/c1-27(2)17-14-22(27)29(5)23(15-17)36-30(37-29)20-16-19(20)18-6-7-21(38-13-10-31-8-11-33-12-9-31)24-25(18)34-28(3,4)35-26(24)32/h6-7,17,19-20,22-23H,8-16H2,1-5H3/t17-,19-,20-,22-,23+,29?/m1/s1. The van der Waals surface area contributed by atoms with Gasteiger partial charge in [0.1, 0.15) is 11.3 Å². The number of cyclic esters (lactones) is 1. The molecule has 1 aromatic rings. The molecular weight excluding hydrogens is 501 g/mol. The van der Waals surface area contributed by atoms with Crippen molar-refractivity contribution in [3.05, 3.63) is 23.3 Å². The number of nitrogens with zero attached hydrogens (tertiary/aromatic N) is 1. The van der Waals surface area contributed by atoms with Crippen LogP contribution in [0, 0.1) is 17.3 Å². The number of esters is 1. The van der Waals surface area contributed by atoms with Crippen LogP contribution in [0.5, 0.6) is 5.75 Å². The van der Waals surface area contributed by atoms with Gasteiger partial charge in [-0.25, -0.2) is 4.79 Å². The van der Waals surface area contributed by atoms with Crippen molar-refractivity contribution in [3.8, 4) is 5.75 Å². The van der Waals surface area contributed by atoms with E-state index in [1.807, 2.05) is 13.8 Å². The number of benzene rings is 1. The van der Waals surface area contributed by atoms with Crippen LogP contribution in [0.1, 0.15) is 75.7 Å². The van der Waals surface area contributed by atoms with E-state index in [-0.39, 0.29) is 36.5 Å². The second-order valence-electron chi connectivity index (χ2n) is 13.4. The predicted octanol–water partition coefficient (Wildman–Crippen LogP) is 4.98. The largest absolute Gasteiger partial charge is 0.461 e. The molecule has 6 fully saturated rings. The topological polar surface area (TPSA) is 66.5 Å². The molecule has 9 heteroatoms. The van der Waals surface area contributed by atoms with E-state index >= 15 is 0 Å². The lowest BCUT2D eigenvalue weighted by molar-refractivity contribution is -0.199. The smallest absolute Gasteiger partial charge is 0.452 e. The molecule has 0 N–H and O–H groups in total. The average molecular weight is 542 g/mol. The first-order valence-corrected chi connectivity index (χ1v) is 15.4. The van der Waals surface area contributed by atoms with Gasteiger partial charge in [-0.05, 0) is 61.0 Å². The second-order valence-corrected chi connectivity index (χ2v) is 14.5. The quantitative estimate of drug-likeness (QED) is 0.284. The number of carbonyl (C=O) groups is 1. The molecule has 2 saturated heterocycles. The summed E-state index contributed by atoms with van der Waals surface area (Å²) in [6, 6.07) is 4.25. The summed E-state index contributed by atoms with van der Waals surface area (Å²) >= 11 is 1.70. The fourth-order valence-electron chi connectivity index (χ4n) is 7.90. The van der Waals surface area contributed by atoms with Crippen molar-refractivity contribution >= 4 is 24.8 Å². The van der Waals surface area contributed by atoms with Crippen molar-refractivity contribution in [3.63, 3.8) is 0 Å². The van der Waals surface area contributed by atoms with Gasteiger partial charge in [0.15, 0.2) is 0 Å². The molecule has 6 atom stereocenters. The van der Waals surface area contributed by atoms with Crippen LogP contribution < -0.4 is 4.74 Å². The third-order valence-corrected chi connectivity index (χ3v) is 11.4. The highest BCUT2D eigenvalue weighted by molar-refractivity contribution is 7.99. The molecule has 3 aliphatic heterocycles. The Kier molecular flexibility index (Phi) is 6.00. The van der Waals surface area contributed by atoms with E-state index in [1.165, 1.54) is 6.42 Å². The Morgan fingerprint density at radius 3 is 2.61 bits per heavy atom. The zero-order valence-electron chi connectivity index (χ0n) is 23.3. The van der Waals surface area contributed by atoms with E-state index in [1.54, 1.807) is 11.8 Å². The molecule has 7 aliphatic rings. The van der Waals surface area contributed by atoms with Crippen molar-refractivity contribution in [1.82, 2.24) is 4.90 Å². The summed E-state index contributed by atoms with van der Waals surface area (Å²) in [5, 5.41) is 0. The van der Waals surface area contributed by atoms with Crippen LogP contribution >= 0.6 is 11.8 Å². The third-order valence-electron chi connectivity index (χ3n) is 10.4. The Balaban J connectivity index is 1.10. The van der Waals surface area contributed by atoms with Gasteiger partial charge in [0, 0.05) is 49.9 Å². The van der Waals surface area contributed by atoms with Gasteiger partial charge >= 0.3 is 13.1 Å². The zero-order chi connectivity index (χ0) is 26.4. The number of hydrogen-bond acceptors (Lipinski definition) is 8. The molecule has 4 saturated carbocycles. The summed E-state index contributed by atoms with van der Waals surface area (Å²) in [6.07, 6.45) is 3.53. The van der Waals surface area contributed by atoms with Gasteiger partial charge in [-0.3, -0.25) is 4.90 Å². The number of fused-ring (bicyclic) bond motifs is 1. The predicted molar refractivity (Wildman–Crippen MR) is 146 cm³/mol. The molecule has 4 aliphatic carbocycles. The lowest BCUT2D eigenvalue weighted by Crippen LogP contribution is -2.65. The van der Waals surface area contributed by atoms with Gasteiger partial charge < -0.3 is 23.5 Å². The van der Waals surface area contributed by atoms with E-state index in [9.17, 15) is 4.79 Å². The summed E-state index contributed by atoms with van der Waals surface area (Å²) in [4.78, 5) is 16.6. The molecule has 0 aromatic heterocycles. The number of hydrogen-bond donors (Lipinski definition) is 0. The van der Waals surface area contributed by atoms with Gasteiger partial charge in [-0.1, -0.05) is 19.9 Å². The molecule has 1 aromatic carbocycles. The first-order valence-electron chi connectivity index (χ1n) is 14.4. The normalized spacial score (nSPS) is 38.5.